The van der Waals surface area contributed by atoms with Crippen molar-refractivity contribution in [1.29, 1.82) is 0 Å². The first-order chi connectivity index (χ1) is 12.1. The lowest BCUT2D eigenvalue weighted by atomic mass is 10.1. The van der Waals surface area contributed by atoms with Gasteiger partial charge in [-0.3, -0.25) is 0 Å². The highest BCUT2D eigenvalue weighted by molar-refractivity contribution is 5.90. The van der Waals surface area contributed by atoms with Gasteiger partial charge in [-0.15, -0.1) is 0 Å². The Hall–Kier alpha value is -2.55. The van der Waals surface area contributed by atoms with Gasteiger partial charge >= 0.3 is 5.97 Å². The molecule has 0 saturated heterocycles. The molecule has 134 valence electrons. The first-order valence-corrected chi connectivity index (χ1v) is 8.29. The summed E-state index contributed by atoms with van der Waals surface area (Å²) in [4.78, 5) is 24.9. The van der Waals surface area contributed by atoms with Crippen molar-refractivity contribution in [2.24, 2.45) is 0 Å². The molecule has 0 spiro atoms. The quantitative estimate of drug-likeness (QED) is 0.776. The maximum absolute atomic E-state index is 11.8. The van der Waals surface area contributed by atoms with Crippen molar-refractivity contribution in [1.82, 2.24) is 24.7 Å². The van der Waals surface area contributed by atoms with Crippen LogP contribution in [0, 0.1) is 6.92 Å². The number of rotatable bonds is 6. The van der Waals surface area contributed by atoms with Crippen molar-refractivity contribution in [2.45, 2.75) is 45.9 Å². The van der Waals surface area contributed by atoms with Crippen molar-refractivity contribution in [3.05, 3.63) is 29.1 Å². The summed E-state index contributed by atoms with van der Waals surface area (Å²) in [6.45, 7) is 4.96. The Morgan fingerprint density at radius 2 is 2.28 bits per heavy atom. The molecule has 1 unspecified atom stereocenters. The molecule has 0 fully saturated rings. The Morgan fingerprint density at radius 1 is 1.44 bits per heavy atom. The van der Waals surface area contributed by atoms with Crippen molar-refractivity contribution < 1.29 is 14.3 Å². The van der Waals surface area contributed by atoms with E-state index in [0.29, 0.717) is 42.8 Å². The summed E-state index contributed by atoms with van der Waals surface area (Å²) < 4.78 is 12.0. The monoisotopic (exact) mass is 346 g/mol. The summed E-state index contributed by atoms with van der Waals surface area (Å²) in [5, 5.41) is 7.75. The predicted molar refractivity (Wildman–Crippen MR) is 89.2 cm³/mol. The van der Waals surface area contributed by atoms with E-state index in [9.17, 15) is 4.79 Å². The molecule has 1 N–H and O–H groups in total. The third-order valence-corrected chi connectivity index (χ3v) is 3.98. The number of carbonyl (C=O) groups is 1. The van der Waals surface area contributed by atoms with Gasteiger partial charge in [-0.2, -0.15) is 5.10 Å². The Morgan fingerprint density at radius 3 is 3.00 bits per heavy atom. The minimum absolute atomic E-state index is 0.150. The Labute approximate surface area is 145 Å². The van der Waals surface area contributed by atoms with Crippen LogP contribution in [0.4, 0.5) is 5.95 Å². The van der Waals surface area contributed by atoms with Gasteiger partial charge in [0.05, 0.1) is 24.4 Å². The summed E-state index contributed by atoms with van der Waals surface area (Å²) in [6.07, 6.45) is 3.24. The summed E-state index contributed by atoms with van der Waals surface area (Å²) in [5.74, 6) is 1.77. The zero-order valence-corrected chi connectivity index (χ0v) is 14.7. The summed E-state index contributed by atoms with van der Waals surface area (Å²) in [6, 6.07) is 0.150. The lowest BCUT2D eigenvalue weighted by Crippen LogP contribution is -2.32. The second-order valence-corrected chi connectivity index (χ2v) is 5.85. The van der Waals surface area contributed by atoms with Gasteiger partial charge in [0, 0.05) is 25.8 Å². The number of hydrogen-bond donors (Lipinski definition) is 1. The maximum Gasteiger partial charge on any atom is 0.341 e. The number of nitrogens with zero attached hydrogens (tertiary/aromatic N) is 5. The first-order valence-electron chi connectivity index (χ1n) is 8.29. The average molecular weight is 346 g/mol. The van der Waals surface area contributed by atoms with Crippen molar-refractivity contribution in [2.75, 3.05) is 19.0 Å². The molecule has 0 bridgehead atoms. The minimum atomic E-state index is -0.401. The van der Waals surface area contributed by atoms with E-state index in [0.717, 1.165) is 18.7 Å². The number of fused-ring (bicyclic) bond motifs is 1. The van der Waals surface area contributed by atoms with E-state index in [1.54, 1.807) is 21.0 Å². The van der Waals surface area contributed by atoms with E-state index in [-0.39, 0.29) is 6.04 Å². The Balaban J connectivity index is 1.66. The number of ether oxygens (including phenoxy) is 2. The summed E-state index contributed by atoms with van der Waals surface area (Å²) in [5.41, 5.74) is 0.981. The molecule has 0 amide bonds. The molecule has 3 rings (SSSR count). The molecule has 1 atom stereocenters. The molecule has 1 aliphatic rings. The number of hydrogen-bond acceptors (Lipinski definition) is 8. The van der Waals surface area contributed by atoms with E-state index >= 15 is 0 Å². The van der Waals surface area contributed by atoms with Crippen LogP contribution in [0.1, 0.15) is 41.0 Å². The normalized spacial score (nSPS) is 16.4. The summed E-state index contributed by atoms with van der Waals surface area (Å²) in [7, 11) is 1.63. The van der Waals surface area contributed by atoms with Crippen LogP contribution in [-0.2, 0) is 29.0 Å². The maximum atomic E-state index is 11.8. The fourth-order valence-electron chi connectivity index (χ4n) is 2.80. The van der Waals surface area contributed by atoms with Gasteiger partial charge in [0.25, 0.3) is 0 Å². The summed E-state index contributed by atoms with van der Waals surface area (Å²) >= 11 is 0. The topological polar surface area (TPSA) is 104 Å². The average Bonchev–Trinajstić information content (AvgIpc) is 2.97. The number of carbonyl (C=O) groups excluding carboxylic acids is 1. The predicted octanol–water partition coefficient (Wildman–Crippen LogP) is 1.13. The number of esters is 1. The molecule has 0 aliphatic carbocycles. The van der Waals surface area contributed by atoms with Crippen molar-refractivity contribution in [3.8, 4) is 0 Å². The second kappa shape index (κ2) is 7.56. The van der Waals surface area contributed by atoms with Crippen LogP contribution in [0.3, 0.4) is 0 Å². The number of nitrogens with one attached hydrogen (secondary N) is 1. The highest BCUT2D eigenvalue weighted by Gasteiger charge is 2.22. The molecule has 25 heavy (non-hydrogen) atoms. The largest absolute Gasteiger partial charge is 0.462 e. The fraction of sp³-hybridized carbons (Fsp3) is 0.562. The molecular weight excluding hydrogens is 324 g/mol. The van der Waals surface area contributed by atoms with Crippen LogP contribution < -0.4 is 5.32 Å². The highest BCUT2D eigenvalue weighted by atomic mass is 16.5. The van der Waals surface area contributed by atoms with Crippen molar-refractivity contribution >= 4 is 11.9 Å². The van der Waals surface area contributed by atoms with Crippen LogP contribution >= 0.6 is 0 Å². The third kappa shape index (κ3) is 3.93. The molecule has 9 heteroatoms. The highest BCUT2D eigenvalue weighted by Crippen LogP contribution is 2.17. The smallest absolute Gasteiger partial charge is 0.341 e. The lowest BCUT2D eigenvalue weighted by Gasteiger charge is -2.23. The molecule has 2 aromatic rings. The Kier molecular flexibility index (Phi) is 5.22. The van der Waals surface area contributed by atoms with Crippen LogP contribution in [-0.4, -0.2) is 50.5 Å². The van der Waals surface area contributed by atoms with Gasteiger partial charge < -0.3 is 14.8 Å². The van der Waals surface area contributed by atoms with Crippen LogP contribution in [0.25, 0.3) is 0 Å². The molecule has 0 radical (unpaired) electrons. The minimum Gasteiger partial charge on any atom is -0.462 e. The van der Waals surface area contributed by atoms with Gasteiger partial charge in [-0.1, -0.05) is 0 Å². The van der Waals surface area contributed by atoms with Gasteiger partial charge in [-0.25, -0.2) is 24.4 Å². The van der Waals surface area contributed by atoms with Crippen LogP contribution in [0.2, 0.25) is 0 Å². The zero-order valence-electron chi connectivity index (χ0n) is 14.7. The fourth-order valence-corrected chi connectivity index (χ4v) is 2.80. The standard InChI is InChI=1S/C16H22N6O3/c1-4-25-15(23)12-7-17-16(18-10(12)2)19-11-5-6-14-20-13(9-24-3)21-22(14)8-11/h7,11H,4-6,8-9H2,1-3H3,(H,17,18,19). The van der Waals surface area contributed by atoms with Crippen LogP contribution in [0.15, 0.2) is 6.20 Å². The van der Waals surface area contributed by atoms with E-state index in [4.69, 9.17) is 9.47 Å². The second-order valence-electron chi connectivity index (χ2n) is 5.85. The molecule has 9 nitrogen and oxygen atoms in total. The molecule has 3 heterocycles. The van der Waals surface area contributed by atoms with Crippen LogP contribution in [0.5, 0.6) is 0 Å². The van der Waals surface area contributed by atoms with Gasteiger partial charge in [-0.05, 0) is 20.3 Å². The van der Waals surface area contributed by atoms with Gasteiger partial charge in [0.2, 0.25) is 5.95 Å². The first kappa shape index (κ1) is 17.3. The lowest BCUT2D eigenvalue weighted by molar-refractivity contribution is 0.0524. The molecule has 1 aliphatic heterocycles. The van der Waals surface area contributed by atoms with E-state index in [2.05, 4.69) is 25.4 Å². The number of aryl methyl sites for hydroxylation is 2. The van der Waals surface area contributed by atoms with Crippen molar-refractivity contribution in [3.63, 3.8) is 0 Å². The number of anilines is 1. The van der Waals surface area contributed by atoms with E-state index in [1.807, 2.05) is 4.68 Å². The third-order valence-electron chi connectivity index (χ3n) is 3.98. The zero-order chi connectivity index (χ0) is 17.8. The van der Waals surface area contributed by atoms with E-state index < -0.39 is 5.97 Å². The number of aromatic nitrogens is 5. The van der Waals surface area contributed by atoms with E-state index in [1.165, 1.54) is 6.20 Å². The SMILES string of the molecule is CCOC(=O)c1cnc(NC2CCc3nc(COC)nn3C2)nc1C. The Bertz CT molecular complexity index is 760. The molecule has 2 aromatic heterocycles. The molecule has 0 aromatic carbocycles. The number of methoxy groups -OCH3 is 1. The van der Waals surface area contributed by atoms with Gasteiger partial charge in [0.15, 0.2) is 5.82 Å². The van der Waals surface area contributed by atoms with Gasteiger partial charge in [0.1, 0.15) is 12.4 Å². The molecular formula is C16H22N6O3. The molecule has 0 saturated carbocycles.